The van der Waals surface area contributed by atoms with Crippen LogP contribution in [0.15, 0.2) is 60.8 Å². The number of nitrogens with zero attached hydrogens (tertiary/aromatic N) is 2. The average molecular weight is 625 g/mol. The Morgan fingerprint density at radius 2 is 1.89 bits per heavy atom. The maximum absolute atomic E-state index is 14.8. The molecule has 2 aliphatic rings. The van der Waals surface area contributed by atoms with Crippen LogP contribution >= 0.6 is 0 Å². The van der Waals surface area contributed by atoms with Crippen molar-refractivity contribution in [3.63, 3.8) is 0 Å². The van der Waals surface area contributed by atoms with Crippen LogP contribution in [0.2, 0.25) is 0 Å². The summed E-state index contributed by atoms with van der Waals surface area (Å²) in [7, 11) is 0. The van der Waals surface area contributed by atoms with Crippen molar-refractivity contribution in [1.82, 2.24) is 15.3 Å². The minimum Gasteiger partial charge on any atom is -0.489 e. The predicted molar refractivity (Wildman–Crippen MR) is 154 cm³/mol. The monoisotopic (exact) mass is 624 g/mol. The number of ether oxygens (including phenoxy) is 2. The van der Waals surface area contributed by atoms with Crippen LogP contribution in [-0.4, -0.2) is 52.3 Å². The van der Waals surface area contributed by atoms with E-state index in [0.717, 1.165) is 31.0 Å². The molecule has 1 aliphatic heterocycles. The number of aliphatic hydroxyl groups is 1. The first-order valence-corrected chi connectivity index (χ1v) is 14.2. The van der Waals surface area contributed by atoms with E-state index in [2.05, 4.69) is 15.3 Å². The molecule has 1 unspecified atom stereocenters. The van der Waals surface area contributed by atoms with E-state index in [1.165, 1.54) is 24.3 Å². The third kappa shape index (κ3) is 5.30. The predicted octanol–water partition coefficient (Wildman–Crippen LogP) is 4.68. The van der Waals surface area contributed by atoms with E-state index < -0.39 is 47.1 Å². The normalized spacial score (nSPS) is 19.0. The molecule has 0 bridgehead atoms. The molecule has 3 heterocycles. The summed E-state index contributed by atoms with van der Waals surface area (Å²) in [6.07, 6.45) is -2.09. The van der Waals surface area contributed by atoms with Gasteiger partial charge in [0.15, 0.2) is 0 Å². The van der Waals surface area contributed by atoms with Crippen LogP contribution in [0.1, 0.15) is 47.8 Å². The summed E-state index contributed by atoms with van der Waals surface area (Å²) in [5, 5.41) is 14.1. The van der Waals surface area contributed by atoms with Crippen molar-refractivity contribution in [2.45, 2.75) is 49.5 Å². The van der Waals surface area contributed by atoms with Crippen molar-refractivity contribution in [2.75, 3.05) is 13.2 Å². The van der Waals surface area contributed by atoms with E-state index in [0.29, 0.717) is 16.7 Å². The number of fused-ring (bicyclic) bond motifs is 2. The molecular weight excluding hydrogens is 596 g/mol. The lowest BCUT2D eigenvalue weighted by Crippen LogP contribution is -2.52. The molecule has 13 heteroatoms. The first-order chi connectivity index (χ1) is 21.4. The molecule has 2 aromatic carbocycles. The zero-order valence-corrected chi connectivity index (χ0v) is 24.0. The second-order valence-corrected chi connectivity index (χ2v) is 11.2. The van der Waals surface area contributed by atoms with Crippen LogP contribution in [-0.2, 0) is 15.8 Å². The van der Waals surface area contributed by atoms with E-state index in [-0.39, 0.29) is 47.3 Å². The van der Waals surface area contributed by atoms with Gasteiger partial charge in [-0.2, -0.15) is 13.2 Å². The second kappa shape index (κ2) is 11.0. The molecule has 234 valence electrons. The molecule has 2 aromatic heterocycles. The third-order valence-corrected chi connectivity index (χ3v) is 8.29. The summed E-state index contributed by atoms with van der Waals surface area (Å²) in [5.74, 6) is -2.04. The molecule has 2 amide bonds. The van der Waals surface area contributed by atoms with Crippen LogP contribution in [0.3, 0.4) is 0 Å². The summed E-state index contributed by atoms with van der Waals surface area (Å²) < 4.78 is 69.8. The Kier molecular flexibility index (Phi) is 7.39. The van der Waals surface area contributed by atoms with Crippen LogP contribution < -0.4 is 20.5 Å². The first-order valence-electron chi connectivity index (χ1n) is 14.2. The van der Waals surface area contributed by atoms with Gasteiger partial charge in [-0.3, -0.25) is 14.6 Å². The fourth-order valence-electron chi connectivity index (χ4n) is 5.39. The second-order valence-electron chi connectivity index (χ2n) is 11.2. The number of nitrogens with two attached hydrogens (primary N) is 1. The Hall–Kier alpha value is -4.78. The Balaban J connectivity index is 1.41. The number of amides is 2. The van der Waals surface area contributed by atoms with Crippen molar-refractivity contribution < 1.29 is 41.7 Å². The van der Waals surface area contributed by atoms with Gasteiger partial charge in [0.05, 0.1) is 18.3 Å². The van der Waals surface area contributed by atoms with E-state index in [4.69, 9.17) is 15.2 Å². The summed E-state index contributed by atoms with van der Waals surface area (Å²) >= 11 is 0. The maximum Gasteiger partial charge on any atom is 0.424 e. The molecule has 0 saturated heterocycles. The van der Waals surface area contributed by atoms with Crippen molar-refractivity contribution in [1.29, 1.82) is 0 Å². The lowest BCUT2D eigenvalue weighted by atomic mass is 9.78. The lowest BCUT2D eigenvalue weighted by molar-refractivity contribution is -0.265. The van der Waals surface area contributed by atoms with Gasteiger partial charge < -0.3 is 25.6 Å². The molecule has 0 spiro atoms. The molecule has 6 rings (SSSR count). The number of pyridine rings is 2. The molecule has 0 radical (unpaired) electrons. The number of nitrogens with one attached hydrogen (secondary N) is 1. The number of primary amides is 1. The number of hydrogen-bond donors (Lipinski definition) is 3. The highest BCUT2D eigenvalue weighted by Crippen LogP contribution is 2.49. The van der Waals surface area contributed by atoms with E-state index in [1.54, 1.807) is 25.3 Å². The highest BCUT2D eigenvalue weighted by molar-refractivity contribution is 6.00. The fourth-order valence-corrected chi connectivity index (χ4v) is 5.39. The molecule has 4 aromatic rings. The number of alkyl halides is 3. The zero-order valence-electron chi connectivity index (χ0n) is 24.0. The van der Waals surface area contributed by atoms with Gasteiger partial charge in [-0.25, -0.2) is 9.37 Å². The lowest BCUT2D eigenvalue weighted by Gasteiger charge is -2.32. The van der Waals surface area contributed by atoms with Gasteiger partial charge in [0.2, 0.25) is 11.5 Å². The van der Waals surface area contributed by atoms with E-state index in [1.807, 2.05) is 0 Å². The molecule has 45 heavy (non-hydrogen) atoms. The number of carbonyl (C=O) groups excluding carboxylic acids is 2. The Bertz CT molecular complexity index is 1810. The van der Waals surface area contributed by atoms with Gasteiger partial charge in [0, 0.05) is 28.3 Å². The standard InChI is InChI=1S/C32H28F4N4O5/c1-2-30(29(37)42)16-44-27-22(30)14-24(40-26(27)17-5-7-20(33)8-6-17)31(43,32(34,35)36)15-39-28(41)19-12-18-4-3-11-38-25(18)23(13-19)45-21-9-10-21/h3-8,11-14,21,43H,2,9-10,15-16H2,1H3,(H2,37,42)(H,39,41)/t30-,31?/m0/s1. The molecule has 4 N–H and O–H groups in total. The van der Waals surface area contributed by atoms with Crippen LogP contribution in [0.5, 0.6) is 11.5 Å². The van der Waals surface area contributed by atoms with Crippen LogP contribution in [0.4, 0.5) is 17.6 Å². The minimum absolute atomic E-state index is 0.000257. The summed E-state index contributed by atoms with van der Waals surface area (Å²) in [5.41, 5.74) is 0.0812. The summed E-state index contributed by atoms with van der Waals surface area (Å²) in [4.78, 5) is 34.4. The third-order valence-electron chi connectivity index (χ3n) is 8.29. The first kappa shape index (κ1) is 30.3. The van der Waals surface area contributed by atoms with Gasteiger partial charge >= 0.3 is 6.18 Å². The molecule has 1 saturated carbocycles. The molecule has 1 fully saturated rings. The number of carbonyl (C=O) groups is 2. The van der Waals surface area contributed by atoms with Crippen molar-refractivity contribution in [2.24, 2.45) is 5.73 Å². The largest absolute Gasteiger partial charge is 0.489 e. The van der Waals surface area contributed by atoms with Gasteiger partial charge in [0.1, 0.15) is 40.5 Å². The Labute approximate surface area is 254 Å². The van der Waals surface area contributed by atoms with Gasteiger partial charge in [-0.1, -0.05) is 13.0 Å². The Morgan fingerprint density at radius 3 is 2.53 bits per heavy atom. The zero-order chi connectivity index (χ0) is 32.1. The maximum atomic E-state index is 14.8. The molecule has 9 nitrogen and oxygen atoms in total. The Morgan fingerprint density at radius 1 is 1.16 bits per heavy atom. The summed E-state index contributed by atoms with van der Waals surface area (Å²) in [6.45, 7) is 0.0263. The molecule has 2 atom stereocenters. The molecule has 1 aliphatic carbocycles. The number of benzene rings is 2. The van der Waals surface area contributed by atoms with Crippen LogP contribution in [0, 0.1) is 5.82 Å². The van der Waals surface area contributed by atoms with Crippen molar-refractivity contribution in [3.05, 3.63) is 83.4 Å². The topological polar surface area (TPSA) is 137 Å². The highest BCUT2D eigenvalue weighted by atomic mass is 19.4. The van der Waals surface area contributed by atoms with Gasteiger partial charge in [0.25, 0.3) is 5.91 Å². The number of hydrogen-bond acceptors (Lipinski definition) is 7. The average Bonchev–Trinajstić information content (AvgIpc) is 3.75. The van der Waals surface area contributed by atoms with E-state index in [9.17, 15) is 32.3 Å². The number of halogens is 4. The van der Waals surface area contributed by atoms with Crippen molar-refractivity contribution >= 4 is 22.7 Å². The number of rotatable bonds is 9. The van der Waals surface area contributed by atoms with Gasteiger partial charge in [-0.05, 0) is 67.8 Å². The van der Waals surface area contributed by atoms with Crippen molar-refractivity contribution in [3.8, 4) is 22.8 Å². The number of aromatic nitrogens is 2. The van der Waals surface area contributed by atoms with Crippen LogP contribution in [0.25, 0.3) is 22.2 Å². The fraction of sp³-hybridized carbons (Fsp3) is 0.312. The van der Waals surface area contributed by atoms with E-state index >= 15 is 0 Å². The SMILES string of the molecule is CC[C@]1(C(N)=O)COc2c1cc(C(O)(CNC(=O)c1cc(OC3CC3)c3ncccc3c1)C(F)(F)F)nc2-c1ccc(F)cc1. The minimum atomic E-state index is -5.35. The smallest absolute Gasteiger partial charge is 0.424 e. The highest BCUT2D eigenvalue weighted by Gasteiger charge is 2.58. The molecular formula is C32H28F4N4O5. The summed E-state index contributed by atoms with van der Waals surface area (Å²) in [6, 6.07) is 11.9. The quantitative estimate of drug-likeness (QED) is 0.230. The van der Waals surface area contributed by atoms with Gasteiger partial charge in [-0.15, -0.1) is 0 Å².